The molecule has 0 N–H and O–H groups in total. The quantitative estimate of drug-likeness (QED) is 0.865. The van der Waals surface area contributed by atoms with E-state index in [-0.39, 0.29) is 5.91 Å². The number of rotatable bonds is 4. The molecule has 0 saturated carbocycles. The first-order chi connectivity index (χ1) is 11.6. The van der Waals surface area contributed by atoms with E-state index in [1.807, 2.05) is 46.1 Å². The molecule has 2 heterocycles. The lowest BCUT2D eigenvalue weighted by Gasteiger charge is -2.26. The van der Waals surface area contributed by atoms with Crippen molar-refractivity contribution in [2.24, 2.45) is 5.92 Å². The molecular weight excluding hydrogens is 300 g/mol. The third kappa shape index (κ3) is 3.67. The Kier molecular flexibility index (Phi) is 5.00. The van der Waals surface area contributed by atoms with Crippen LogP contribution in [-0.2, 0) is 19.5 Å². The Hall–Kier alpha value is -2.14. The normalized spacial score (nSPS) is 17.7. The Morgan fingerprint density at radius 2 is 1.96 bits per heavy atom. The van der Waals surface area contributed by atoms with Crippen LogP contribution < -0.4 is 0 Å². The molecule has 1 aromatic carbocycles. The SMILES string of the molecule is CCc1ccc(C(=O)N2Cc3ccnn3C[C@@H](CN(C)C)C2)cc1. The highest BCUT2D eigenvalue weighted by molar-refractivity contribution is 5.94. The van der Waals surface area contributed by atoms with Gasteiger partial charge in [-0.3, -0.25) is 9.48 Å². The van der Waals surface area contributed by atoms with Crippen LogP contribution in [-0.4, -0.2) is 52.7 Å². The number of aromatic nitrogens is 2. The maximum atomic E-state index is 13.0. The maximum absolute atomic E-state index is 13.0. The topological polar surface area (TPSA) is 41.4 Å². The Balaban J connectivity index is 1.83. The molecule has 128 valence electrons. The average molecular weight is 326 g/mol. The second-order valence-corrected chi connectivity index (χ2v) is 6.87. The summed E-state index contributed by atoms with van der Waals surface area (Å²) < 4.78 is 2.04. The predicted octanol–water partition coefficient (Wildman–Crippen LogP) is 2.28. The zero-order chi connectivity index (χ0) is 17.1. The number of nitrogens with zero attached hydrogens (tertiary/aromatic N) is 4. The van der Waals surface area contributed by atoms with E-state index in [0.717, 1.165) is 37.3 Å². The summed E-state index contributed by atoms with van der Waals surface area (Å²) >= 11 is 0. The Bertz CT molecular complexity index is 690. The summed E-state index contributed by atoms with van der Waals surface area (Å²) in [7, 11) is 4.15. The van der Waals surface area contributed by atoms with Gasteiger partial charge in [0, 0.05) is 37.3 Å². The van der Waals surface area contributed by atoms with Gasteiger partial charge in [0.05, 0.1) is 12.2 Å². The highest BCUT2D eigenvalue weighted by Gasteiger charge is 2.26. The number of hydrogen-bond acceptors (Lipinski definition) is 3. The van der Waals surface area contributed by atoms with Gasteiger partial charge in [0.2, 0.25) is 0 Å². The standard InChI is InChI=1S/C19H26N4O/c1-4-15-5-7-17(8-6-15)19(24)22-12-16(11-21(2)3)13-23-18(14-22)9-10-20-23/h5-10,16H,4,11-14H2,1-3H3/t16-/m0/s1. The van der Waals surface area contributed by atoms with Crippen molar-refractivity contribution in [3.05, 3.63) is 53.3 Å². The molecule has 3 rings (SSSR count). The molecule has 1 amide bonds. The minimum Gasteiger partial charge on any atom is -0.332 e. The number of carbonyl (C=O) groups is 1. The van der Waals surface area contributed by atoms with Crippen molar-refractivity contribution in [3.63, 3.8) is 0 Å². The molecule has 0 spiro atoms. The van der Waals surface area contributed by atoms with Crippen molar-refractivity contribution in [3.8, 4) is 0 Å². The summed E-state index contributed by atoms with van der Waals surface area (Å²) in [4.78, 5) is 17.1. The summed E-state index contributed by atoms with van der Waals surface area (Å²) in [6, 6.07) is 10.0. The fraction of sp³-hybridized carbons (Fsp3) is 0.474. The zero-order valence-electron chi connectivity index (χ0n) is 14.8. The van der Waals surface area contributed by atoms with Crippen LogP contribution in [0.1, 0.15) is 28.5 Å². The number of aryl methyl sites for hydroxylation is 1. The number of benzene rings is 1. The molecule has 0 unspecified atom stereocenters. The molecule has 5 heteroatoms. The number of carbonyl (C=O) groups excluding carboxylic acids is 1. The molecule has 2 aromatic rings. The van der Waals surface area contributed by atoms with Crippen LogP contribution in [0.5, 0.6) is 0 Å². The van der Waals surface area contributed by atoms with Crippen LogP contribution in [0.4, 0.5) is 0 Å². The van der Waals surface area contributed by atoms with Crippen LogP contribution in [0, 0.1) is 5.92 Å². The molecule has 0 bridgehead atoms. The largest absolute Gasteiger partial charge is 0.332 e. The van der Waals surface area contributed by atoms with Gasteiger partial charge >= 0.3 is 0 Å². The molecule has 24 heavy (non-hydrogen) atoms. The van der Waals surface area contributed by atoms with E-state index in [1.54, 1.807) is 0 Å². The van der Waals surface area contributed by atoms with Gasteiger partial charge in [-0.15, -0.1) is 0 Å². The minimum absolute atomic E-state index is 0.107. The monoisotopic (exact) mass is 326 g/mol. The molecule has 1 aliphatic heterocycles. The molecule has 0 saturated heterocycles. The zero-order valence-corrected chi connectivity index (χ0v) is 14.8. The smallest absolute Gasteiger partial charge is 0.254 e. The van der Waals surface area contributed by atoms with Crippen molar-refractivity contribution >= 4 is 5.91 Å². The Morgan fingerprint density at radius 3 is 2.62 bits per heavy atom. The van der Waals surface area contributed by atoms with Crippen LogP contribution >= 0.6 is 0 Å². The minimum atomic E-state index is 0.107. The van der Waals surface area contributed by atoms with Crippen molar-refractivity contribution in [2.45, 2.75) is 26.4 Å². The van der Waals surface area contributed by atoms with E-state index in [0.29, 0.717) is 12.5 Å². The van der Waals surface area contributed by atoms with E-state index in [2.05, 4.69) is 31.0 Å². The second-order valence-electron chi connectivity index (χ2n) is 6.87. The molecule has 1 aromatic heterocycles. The molecular formula is C19H26N4O. The first-order valence-corrected chi connectivity index (χ1v) is 8.60. The maximum Gasteiger partial charge on any atom is 0.254 e. The van der Waals surface area contributed by atoms with E-state index in [1.165, 1.54) is 5.56 Å². The molecule has 0 fully saturated rings. The molecule has 0 aliphatic carbocycles. The van der Waals surface area contributed by atoms with Gasteiger partial charge in [0.15, 0.2) is 0 Å². The van der Waals surface area contributed by atoms with Crippen LogP contribution in [0.15, 0.2) is 36.5 Å². The lowest BCUT2D eigenvalue weighted by atomic mass is 10.1. The Morgan fingerprint density at radius 1 is 1.21 bits per heavy atom. The number of fused-ring (bicyclic) bond motifs is 1. The first kappa shape index (κ1) is 16.7. The number of hydrogen-bond donors (Lipinski definition) is 0. The van der Waals surface area contributed by atoms with Gasteiger partial charge in [-0.1, -0.05) is 19.1 Å². The fourth-order valence-electron chi connectivity index (χ4n) is 3.39. The van der Waals surface area contributed by atoms with E-state index in [9.17, 15) is 4.79 Å². The van der Waals surface area contributed by atoms with Gasteiger partial charge in [-0.2, -0.15) is 5.10 Å². The molecule has 1 atom stereocenters. The van der Waals surface area contributed by atoms with E-state index in [4.69, 9.17) is 0 Å². The van der Waals surface area contributed by atoms with Crippen LogP contribution in [0.25, 0.3) is 0 Å². The van der Waals surface area contributed by atoms with E-state index < -0.39 is 0 Å². The Labute approximate surface area is 143 Å². The van der Waals surface area contributed by atoms with Gasteiger partial charge in [-0.05, 0) is 44.3 Å². The lowest BCUT2D eigenvalue weighted by Crippen LogP contribution is -2.37. The predicted molar refractivity (Wildman–Crippen MR) is 94.8 cm³/mol. The van der Waals surface area contributed by atoms with Gasteiger partial charge in [0.1, 0.15) is 0 Å². The van der Waals surface area contributed by atoms with Crippen molar-refractivity contribution < 1.29 is 4.79 Å². The summed E-state index contributed by atoms with van der Waals surface area (Å²) in [6.45, 7) is 5.31. The highest BCUT2D eigenvalue weighted by atomic mass is 16.2. The molecule has 5 nitrogen and oxygen atoms in total. The third-order valence-corrected chi connectivity index (χ3v) is 4.59. The van der Waals surface area contributed by atoms with Gasteiger partial charge in [0.25, 0.3) is 5.91 Å². The van der Waals surface area contributed by atoms with Crippen LogP contribution in [0.3, 0.4) is 0 Å². The highest BCUT2D eigenvalue weighted by Crippen LogP contribution is 2.19. The third-order valence-electron chi connectivity index (χ3n) is 4.59. The van der Waals surface area contributed by atoms with Crippen molar-refractivity contribution in [1.29, 1.82) is 0 Å². The summed E-state index contributed by atoms with van der Waals surface area (Å²) in [5.74, 6) is 0.482. The molecule has 0 radical (unpaired) electrons. The average Bonchev–Trinajstić information content (AvgIpc) is 2.92. The lowest BCUT2D eigenvalue weighted by molar-refractivity contribution is 0.0711. The van der Waals surface area contributed by atoms with Gasteiger partial charge < -0.3 is 9.80 Å². The van der Waals surface area contributed by atoms with Crippen molar-refractivity contribution in [2.75, 3.05) is 27.2 Å². The van der Waals surface area contributed by atoms with Crippen molar-refractivity contribution in [1.82, 2.24) is 19.6 Å². The van der Waals surface area contributed by atoms with Gasteiger partial charge in [-0.25, -0.2) is 0 Å². The second kappa shape index (κ2) is 7.18. The summed E-state index contributed by atoms with van der Waals surface area (Å²) in [5.41, 5.74) is 3.13. The van der Waals surface area contributed by atoms with Crippen LogP contribution in [0.2, 0.25) is 0 Å². The summed E-state index contributed by atoms with van der Waals surface area (Å²) in [6.07, 6.45) is 2.81. The first-order valence-electron chi connectivity index (χ1n) is 8.60. The summed E-state index contributed by atoms with van der Waals surface area (Å²) in [5, 5.41) is 4.42. The fourth-order valence-corrected chi connectivity index (χ4v) is 3.39. The number of amides is 1. The van der Waals surface area contributed by atoms with E-state index >= 15 is 0 Å². The molecule has 1 aliphatic rings.